The van der Waals surface area contributed by atoms with Gasteiger partial charge in [0.25, 0.3) is 0 Å². The van der Waals surface area contributed by atoms with Crippen LogP contribution in [0.25, 0.3) is 0 Å². The zero-order chi connectivity index (χ0) is 12.3. The number of hydrogen-bond acceptors (Lipinski definition) is 2. The first kappa shape index (κ1) is 12.4. The van der Waals surface area contributed by atoms with Crippen molar-refractivity contribution in [2.24, 2.45) is 11.8 Å². The first-order valence-electron chi connectivity index (χ1n) is 6.71. The van der Waals surface area contributed by atoms with E-state index in [1.54, 1.807) is 0 Å². The average molecular weight is 239 g/mol. The maximum absolute atomic E-state index is 12.1. The highest BCUT2D eigenvalue weighted by Gasteiger charge is 2.36. The van der Waals surface area contributed by atoms with Crippen molar-refractivity contribution in [1.29, 1.82) is 0 Å². The number of aliphatic carboxylic acids is 1. The SMILES string of the molecule is O=C(O)[C@H]1CCCC[C@@H]1C(=O)NC1CCCC1. The first-order valence-corrected chi connectivity index (χ1v) is 6.71. The van der Waals surface area contributed by atoms with E-state index in [9.17, 15) is 9.59 Å². The van der Waals surface area contributed by atoms with Crippen LogP contribution in [0.2, 0.25) is 0 Å². The molecule has 4 nitrogen and oxygen atoms in total. The molecule has 0 heterocycles. The normalized spacial score (nSPS) is 30.1. The number of rotatable bonds is 3. The van der Waals surface area contributed by atoms with E-state index in [1.165, 1.54) is 12.8 Å². The van der Waals surface area contributed by atoms with E-state index < -0.39 is 11.9 Å². The van der Waals surface area contributed by atoms with Crippen LogP contribution in [0.4, 0.5) is 0 Å². The number of carbonyl (C=O) groups is 2. The second-order valence-electron chi connectivity index (χ2n) is 5.33. The van der Waals surface area contributed by atoms with Gasteiger partial charge in [-0.3, -0.25) is 9.59 Å². The summed E-state index contributed by atoms with van der Waals surface area (Å²) in [6, 6.07) is 0.291. The van der Waals surface area contributed by atoms with Gasteiger partial charge in [-0.1, -0.05) is 25.7 Å². The van der Waals surface area contributed by atoms with Gasteiger partial charge < -0.3 is 10.4 Å². The van der Waals surface area contributed by atoms with Crippen molar-refractivity contribution in [2.75, 3.05) is 0 Å². The molecule has 0 aromatic carbocycles. The Morgan fingerprint density at radius 1 is 0.882 bits per heavy atom. The minimum Gasteiger partial charge on any atom is -0.481 e. The minimum absolute atomic E-state index is 0.0241. The van der Waals surface area contributed by atoms with Crippen molar-refractivity contribution in [2.45, 2.75) is 57.4 Å². The van der Waals surface area contributed by atoms with Crippen LogP contribution in [0.5, 0.6) is 0 Å². The monoisotopic (exact) mass is 239 g/mol. The average Bonchev–Trinajstić information content (AvgIpc) is 2.81. The van der Waals surface area contributed by atoms with E-state index in [-0.39, 0.29) is 11.8 Å². The topological polar surface area (TPSA) is 66.4 Å². The van der Waals surface area contributed by atoms with Crippen molar-refractivity contribution >= 4 is 11.9 Å². The molecule has 0 bridgehead atoms. The molecule has 0 aromatic heterocycles. The summed E-state index contributed by atoms with van der Waals surface area (Å²) in [7, 11) is 0. The van der Waals surface area contributed by atoms with Crippen LogP contribution in [0.3, 0.4) is 0 Å². The van der Waals surface area contributed by atoms with Gasteiger partial charge in [0.2, 0.25) is 5.91 Å². The molecular weight excluding hydrogens is 218 g/mol. The Labute approximate surface area is 102 Å². The Hall–Kier alpha value is -1.06. The number of carboxylic acid groups (broad SMARTS) is 1. The smallest absolute Gasteiger partial charge is 0.307 e. The second kappa shape index (κ2) is 5.52. The molecular formula is C13H21NO3. The summed E-state index contributed by atoms with van der Waals surface area (Å²) in [6.45, 7) is 0. The minimum atomic E-state index is -0.809. The molecule has 0 saturated heterocycles. The Bertz CT molecular complexity index is 297. The number of carbonyl (C=O) groups excluding carboxylic acids is 1. The van der Waals surface area contributed by atoms with Crippen molar-refractivity contribution in [3.63, 3.8) is 0 Å². The van der Waals surface area contributed by atoms with Crippen LogP contribution in [0, 0.1) is 11.8 Å². The molecule has 0 aromatic rings. The summed E-state index contributed by atoms with van der Waals surface area (Å²) in [5, 5.41) is 12.2. The van der Waals surface area contributed by atoms with Crippen LogP contribution < -0.4 is 5.32 Å². The van der Waals surface area contributed by atoms with E-state index >= 15 is 0 Å². The fraction of sp³-hybridized carbons (Fsp3) is 0.846. The Kier molecular flexibility index (Phi) is 4.02. The Morgan fingerprint density at radius 3 is 2.00 bits per heavy atom. The summed E-state index contributed by atoms with van der Waals surface area (Å²) in [6.07, 6.45) is 7.76. The second-order valence-corrected chi connectivity index (χ2v) is 5.33. The highest BCUT2D eigenvalue weighted by molar-refractivity contribution is 5.85. The molecule has 2 atom stereocenters. The van der Waals surface area contributed by atoms with Crippen LogP contribution in [-0.2, 0) is 9.59 Å². The van der Waals surface area contributed by atoms with Gasteiger partial charge in [0.15, 0.2) is 0 Å². The summed E-state index contributed by atoms with van der Waals surface area (Å²) in [5.74, 6) is -1.60. The maximum atomic E-state index is 12.1. The zero-order valence-electron chi connectivity index (χ0n) is 10.2. The third kappa shape index (κ3) is 2.99. The number of hydrogen-bond donors (Lipinski definition) is 2. The largest absolute Gasteiger partial charge is 0.481 e. The quantitative estimate of drug-likeness (QED) is 0.791. The highest BCUT2D eigenvalue weighted by Crippen LogP contribution is 2.31. The van der Waals surface area contributed by atoms with Crippen LogP contribution >= 0.6 is 0 Å². The van der Waals surface area contributed by atoms with Crippen molar-refractivity contribution in [1.82, 2.24) is 5.32 Å². The Balaban J connectivity index is 1.93. The molecule has 2 saturated carbocycles. The molecule has 1 amide bonds. The third-order valence-electron chi connectivity index (χ3n) is 4.12. The lowest BCUT2D eigenvalue weighted by Crippen LogP contribution is -2.43. The predicted molar refractivity (Wildman–Crippen MR) is 63.5 cm³/mol. The van der Waals surface area contributed by atoms with Gasteiger partial charge in [0.1, 0.15) is 0 Å². The van der Waals surface area contributed by atoms with Crippen LogP contribution in [-0.4, -0.2) is 23.0 Å². The van der Waals surface area contributed by atoms with Gasteiger partial charge >= 0.3 is 5.97 Å². The highest BCUT2D eigenvalue weighted by atomic mass is 16.4. The van der Waals surface area contributed by atoms with Gasteiger partial charge in [-0.25, -0.2) is 0 Å². The van der Waals surface area contributed by atoms with Gasteiger partial charge in [-0.15, -0.1) is 0 Å². The van der Waals surface area contributed by atoms with Crippen LogP contribution in [0.1, 0.15) is 51.4 Å². The van der Waals surface area contributed by atoms with Gasteiger partial charge in [-0.2, -0.15) is 0 Å². The molecule has 2 N–H and O–H groups in total. The predicted octanol–water partition coefficient (Wildman–Crippen LogP) is 1.94. The van der Waals surface area contributed by atoms with E-state index in [2.05, 4.69) is 5.32 Å². The third-order valence-corrected chi connectivity index (χ3v) is 4.12. The summed E-state index contributed by atoms with van der Waals surface area (Å²) < 4.78 is 0. The van der Waals surface area contributed by atoms with Crippen molar-refractivity contribution < 1.29 is 14.7 Å². The summed E-state index contributed by atoms with van der Waals surface area (Å²) >= 11 is 0. The molecule has 0 aliphatic heterocycles. The van der Waals surface area contributed by atoms with E-state index in [0.717, 1.165) is 32.1 Å². The first-order chi connectivity index (χ1) is 8.18. The fourth-order valence-corrected chi connectivity index (χ4v) is 3.12. The standard InChI is InChI=1S/C13H21NO3/c15-12(14-9-5-1-2-6-9)10-7-3-4-8-11(10)13(16)17/h9-11H,1-8H2,(H,14,15)(H,16,17)/t10-,11-/m0/s1. The van der Waals surface area contributed by atoms with Crippen molar-refractivity contribution in [3.8, 4) is 0 Å². The molecule has 2 rings (SSSR count). The number of nitrogens with one attached hydrogen (secondary N) is 1. The molecule has 0 spiro atoms. The number of amides is 1. The molecule has 4 heteroatoms. The molecule has 0 unspecified atom stereocenters. The van der Waals surface area contributed by atoms with E-state index in [0.29, 0.717) is 12.5 Å². The summed E-state index contributed by atoms with van der Waals surface area (Å²) in [5.41, 5.74) is 0. The molecule has 2 aliphatic rings. The van der Waals surface area contributed by atoms with Crippen molar-refractivity contribution in [3.05, 3.63) is 0 Å². The lowest BCUT2D eigenvalue weighted by molar-refractivity contribution is -0.149. The van der Waals surface area contributed by atoms with E-state index in [1.807, 2.05) is 0 Å². The van der Waals surface area contributed by atoms with E-state index in [4.69, 9.17) is 5.11 Å². The number of carboxylic acids is 1. The lowest BCUT2D eigenvalue weighted by atomic mass is 9.78. The molecule has 17 heavy (non-hydrogen) atoms. The van der Waals surface area contributed by atoms with Crippen LogP contribution in [0.15, 0.2) is 0 Å². The molecule has 0 radical (unpaired) electrons. The zero-order valence-corrected chi connectivity index (χ0v) is 10.2. The Morgan fingerprint density at radius 2 is 1.41 bits per heavy atom. The summed E-state index contributed by atoms with van der Waals surface area (Å²) in [4.78, 5) is 23.2. The lowest BCUT2D eigenvalue weighted by Gasteiger charge is -2.28. The van der Waals surface area contributed by atoms with Gasteiger partial charge in [-0.05, 0) is 25.7 Å². The van der Waals surface area contributed by atoms with Gasteiger partial charge in [0, 0.05) is 6.04 Å². The fourth-order valence-electron chi connectivity index (χ4n) is 3.12. The maximum Gasteiger partial charge on any atom is 0.307 e. The molecule has 96 valence electrons. The molecule has 2 aliphatic carbocycles. The molecule has 2 fully saturated rings. The van der Waals surface area contributed by atoms with Gasteiger partial charge in [0.05, 0.1) is 11.8 Å².